The fraction of sp³-hybridized carbons (Fsp3) is 0.875. The molecule has 17 heavy (non-hydrogen) atoms. The Hall–Kier alpha value is -0.300. The van der Waals surface area contributed by atoms with Crippen LogP contribution in [0, 0.1) is 5.41 Å². The second-order valence-electron chi connectivity index (χ2n) is 6.74. The van der Waals surface area contributed by atoms with Gasteiger partial charge < -0.3 is 0 Å². The minimum atomic E-state index is 0.497. The standard InChI is InChI=1S/C16H31N/c1-5-13-17(15-10-6-7-11-15)14-9-8-12-16(2,3)4/h5,15H,1,6-14H2,2-4H3. The molecule has 0 aliphatic heterocycles. The summed E-state index contributed by atoms with van der Waals surface area (Å²) >= 11 is 0. The maximum absolute atomic E-state index is 3.90. The molecule has 100 valence electrons. The van der Waals surface area contributed by atoms with Crippen LogP contribution >= 0.6 is 0 Å². The van der Waals surface area contributed by atoms with Gasteiger partial charge in [0.05, 0.1) is 0 Å². The minimum Gasteiger partial charge on any atom is -0.297 e. The third kappa shape index (κ3) is 6.26. The quantitative estimate of drug-likeness (QED) is 0.461. The zero-order valence-electron chi connectivity index (χ0n) is 12.2. The van der Waals surface area contributed by atoms with Crippen molar-refractivity contribution in [3.8, 4) is 0 Å². The van der Waals surface area contributed by atoms with Gasteiger partial charge in [0.2, 0.25) is 0 Å². The van der Waals surface area contributed by atoms with Crippen LogP contribution in [-0.4, -0.2) is 24.0 Å². The first-order valence-corrected chi connectivity index (χ1v) is 7.38. The zero-order valence-corrected chi connectivity index (χ0v) is 12.2. The summed E-state index contributed by atoms with van der Waals surface area (Å²) in [5.41, 5.74) is 0.497. The van der Waals surface area contributed by atoms with Crippen LogP contribution in [0.3, 0.4) is 0 Å². The number of nitrogens with zero attached hydrogens (tertiary/aromatic N) is 1. The highest BCUT2D eigenvalue weighted by Gasteiger charge is 2.21. The van der Waals surface area contributed by atoms with Gasteiger partial charge in [0.1, 0.15) is 0 Å². The fourth-order valence-electron chi connectivity index (χ4n) is 2.83. The molecule has 0 saturated heterocycles. The summed E-state index contributed by atoms with van der Waals surface area (Å²) in [6.45, 7) is 13.3. The topological polar surface area (TPSA) is 3.24 Å². The van der Waals surface area contributed by atoms with Crippen molar-refractivity contribution in [3.63, 3.8) is 0 Å². The van der Waals surface area contributed by atoms with E-state index >= 15 is 0 Å². The largest absolute Gasteiger partial charge is 0.297 e. The van der Waals surface area contributed by atoms with Crippen LogP contribution in [0.4, 0.5) is 0 Å². The molecule has 1 nitrogen and oxygen atoms in total. The molecule has 0 bridgehead atoms. The Bertz CT molecular complexity index is 208. The molecule has 0 heterocycles. The van der Waals surface area contributed by atoms with Crippen LogP contribution in [-0.2, 0) is 0 Å². The van der Waals surface area contributed by atoms with Gasteiger partial charge in [0, 0.05) is 12.6 Å². The van der Waals surface area contributed by atoms with Crippen molar-refractivity contribution in [3.05, 3.63) is 12.7 Å². The van der Waals surface area contributed by atoms with E-state index in [9.17, 15) is 0 Å². The highest BCUT2D eigenvalue weighted by atomic mass is 15.1. The lowest BCUT2D eigenvalue weighted by Gasteiger charge is -2.28. The maximum atomic E-state index is 3.90. The molecule has 0 amide bonds. The van der Waals surface area contributed by atoms with Gasteiger partial charge in [-0.05, 0) is 37.6 Å². The van der Waals surface area contributed by atoms with Crippen LogP contribution in [0.25, 0.3) is 0 Å². The highest BCUT2D eigenvalue weighted by Crippen LogP contribution is 2.25. The van der Waals surface area contributed by atoms with E-state index in [4.69, 9.17) is 0 Å². The number of hydrogen-bond donors (Lipinski definition) is 0. The van der Waals surface area contributed by atoms with Crippen molar-refractivity contribution < 1.29 is 0 Å². The van der Waals surface area contributed by atoms with Crippen molar-refractivity contribution in [2.24, 2.45) is 5.41 Å². The summed E-state index contributed by atoms with van der Waals surface area (Å²) in [5, 5.41) is 0. The average molecular weight is 237 g/mol. The Morgan fingerprint density at radius 2 is 1.82 bits per heavy atom. The molecule has 0 N–H and O–H groups in total. The highest BCUT2D eigenvalue weighted by molar-refractivity contribution is 4.82. The summed E-state index contributed by atoms with van der Waals surface area (Å²) < 4.78 is 0. The average Bonchev–Trinajstić information content (AvgIpc) is 2.74. The third-order valence-electron chi connectivity index (χ3n) is 3.83. The van der Waals surface area contributed by atoms with Gasteiger partial charge in [-0.25, -0.2) is 0 Å². The molecule has 0 atom stereocenters. The predicted molar refractivity (Wildman–Crippen MR) is 77.3 cm³/mol. The SMILES string of the molecule is C=CCN(CCCCC(C)(C)C)C1CCCC1. The van der Waals surface area contributed by atoms with Crippen LogP contribution in [0.15, 0.2) is 12.7 Å². The second kappa shape index (κ2) is 7.20. The maximum Gasteiger partial charge on any atom is 0.0163 e. The Morgan fingerprint density at radius 3 is 2.35 bits per heavy atom. The van der Waals surface area contributed by atoms with Crippen LogP contribution in [0.2, 0.25) is 0 Å². The molecular weight excluding hydrogens is 206 g/mol. The first-order valence-electron chi connectivity index (χ1n) is 7.38. The Kier molecular flexibility index (Phi) is 6.26. The van der Waals surface area contributed by atoms with E-state index in [1.807, 2.05) is 0 Å². The first-order chi connectivity index (χ1) is 8.03. The summed E-state index contributed by atoms with van der Waals surface area (Å²) in [7, 11) is 0. The first kappa shape index (κ1) is 14.8. The van der Waals surface area contributed by atoms with E-state index in [0.29, 0.717) is 5.41 Å². The lowest BCUT2D eigenvalue weighted by atomic mass is 9.90. The van der Waals surface area contributed by atoms with Gasteiger partial charge in [-0.2, -0.15) is 0 Å². The van der Waals surface area contributed by atoms with Gasteiger partial charge in [-0.3, -0.25) is 4.90 Å². The molecule has 0 aromatic carbocycles. The summed E-state index contributed by atoms with van der Waals surface area (Å²) in [6.07, 6.45) is 11.8. The van der Waals surface area contributed by atoms with Crippen molar-refractivity contribution >= 4 is 0 Å². The smallest absolute Gasteiger partial charge is 0.0163 e. The molecule has 1 fully saturated rings. The Morgan fingerprint density at radius 1 is 1.18 bits per heavy atom. The molecule has 1 aliphatic carbocycles. The molecule has 0 spiro atoms. The number of hydrogen-bond acceptors (Lipinski definition) is 1. The molecule has 0 aromatic rings. The lowest BCUT2D eigenvalue weighted by Crippen LogP contribution is -2.34. The van der Waals surface area contributed by atoms with Crippen molar-refractivity contribution in [1.29, 1.82) is 0 Å². The summed E-state index contributed by atoms with van der Waals surface area (Å²) in [6, 6.07) is 0.850. The molecule has 1 saturated carbocycles. The number of unbranched alkanes of at least 4 members (excludes halogenated alkanes) is 1. The van der Waals surface area contributed by atoms with Gasteiger partial charge in [-0.15, -0.1) is 6.58 Å². The van der Waals surface area contributed by atoms with Crippen molar-refractivity contribution in [1.82, 2.24) is 4.90 Å². The molecular formula is C16H31N. The minimum absolute atomic E-state index is 0.497. The molecule has 0 unspecified atom stereocenters. The van der Waals surface area contributed by atoms with Crippen LogP contribution in [0.1, 0.15) is 65.7 Å². The summed E-state index contributed by atoms with van der Waals surface area (Å²) in [4.78, 5) is 2.66. The molecule has 0 aromatic heterocycles. The Labute approximate surface area is 108 Å². The molecule has 1 rings (SSSR count). The predicted octanol–water partition coefficient (Wildman–Crippen LogP) is 4.63. The number of rotatable bonds is 7. The normalized spacial score (nSPS) is 17.9. The van der Waals surface area contributed by atoms with E-state index in [1.165, 1.54) is 51.5 Å². The second-order valence-corrected chi connectivity index (χ2v) is 6.74. The van der Waals surface area contributed by atoms with Crippen molar-refractivity contribution in [2.45, 2.75) is 71.8 Å². The molecule has 1 heteroatoms. The van der Waals surface area contributed by atoms with E-state index in [2.05, 4.69) is 38.3 Å². The van der Waals surface area contributed by atoms with E-state index in [-0.39, 0.29) is 0 Å². The third-order valence-corrected chi connectivity index (χ3v) is 3.83. The van der Waals surface area contributed by atoms with Crippen LogP contribution in [0.5, 0.6) is 0 Å². The van der Waals surface area contributed by atoms with E-state index in [1.54, 1.807) is 0 Å². The van der Waals surface area contributed by atoms with Crippen LogP contribution < -0.4 is 0 Å². The lowest BCUT2D eigenvalue weighted by molar-refractivity contribution is 0.211. The summed E-state index contributed by atoms with van der Waals surface area (Å²) in [5.74, 6) is 0. The fourth-order valence-corrected chi connectivity index (χ4v) is 2.83. The van der Waals surface area contributed by atoms with Gasteiger partial charge in [0.25, 0.3) is 0 Å². The van der Waals surface area contributed by atoms with Crippen molar-refractivity contribution in [2.75, 3.05) is 13.1 Å². The monoisotopic (exact) mass is 237 g/mol. The van der Waals surface area contributed by atoms with Gasteiger partial charge in [0.15, 0.2) is 0 Å². The molecule has 1 aliphatic rings. The van der Waals surface area contributed by atoms with E-state index < -0.39 is 0 Å². The van der Waals surface area contributed by atoms with E-state index in [0.717, 1.165) is 12.6 Å². The molecule has 0 radical (unpaired) electrons. The Balaban J connectivity index is 2.22. The van der Waals surface area contributed by atoms with Gasteiger partial charge in [-0.1, -0.05) is 46.1 Å². The van der Waals surface area contributed by atoms with Gasteiger partial charge >= 0.3 is 0 Å². The zero-order chi connectivity index (χ0) is 12.7.